The van der Waals surface area contributed by atoms with Crippen LogP contribution in [0.25, 0.3) is 0 Å². The van der Waals surface area contributed by atoms with Gasteiger partial charge in [-0.3, -0.25) is 0 Å². The second kappa shape index (κ2) is 6.18. The Hall–Kier alpha value is -1.68. The van der Waals surface area contributed by atoms with Crippen molar-refractivity contribution in [2.75, 3.05) is 13.1 Å². The van der Waals surface area contributed by atoms with Gasteiger partial charge >= 0.3 is 0 Å². The van der Waals surface area contributed by atoms with Gasteiger partial charge in [0.1, 0.15) is 12.2 Å². The fourth-order valence-corrected chi connectivity index (χ4v) is 2.51. The molecule has 0 bridgehead atoms. The first-order valence-corrected chi connectivity index (χ1v) is 7.48. The van der Waals surface area contributed by atoms with Crippen LogP contribution in [0.4, 0.5) is 0 Å². The third-order valence-electron chi connectivity index (χ3n) is 3.94. The molecule has 0 amide bonds. The highest BCUT2D eigenvalue weighted by Crippen LogP contribution is 2.38. The lowest BCUT2D eigenvalue weighted by molar-refractivity contribution is 0.553. The molecule has 1 heterocycles. The van der Waals surface area contributed by atoms with Gasteiger partial charge in [-0.05, 0) is 24.3 Å². The maximum absolute atomic E-state index is 4.22. The van der Waals surface area contributed by atoms with Crippen molar-refractivity contribution in [2.45, 2.75) is 38.1 Å². The summed E-state index contributed by atoms with van der Waals surface area (Å²) in [6.07, 6.45) is 4.41. The minimum absolute atomic E-state index is 0.542. The van der Waals surface area contributed by atoms with Gasteiger partial charge in [0, 0.05) is 25.6 Å². The van der Waals surface area contributed by atoms with Crippen LogP contribution >= 0.6 is 0 Å². The zero-order chi connectivity index (χ0) is 13.8. The van der Waals surface area contributed by atoms with Crippen molar-refractivity contribution in [1.29, 1.82) is 0 Å². The van der Waals surface area contributed by atoms with Gasteiger partial charge in [-0.2, -0.15) is 0 Å². The van der Waals surface area contributed by atoms with Gasteiger partial charge in [0.05, 0.1) is 0 Å². The van der Waals surface area contributed by atoms with Gasteiger partial charge < -0.3 is 9.88 Å². The van der Waals surface area contributed by atoms with Crippen LogP contribution in [0, 0.1) is 0 Å². The van der Waals surface area contributed by atoms with Gasteiger partial charge in [-0.15, -0.1) is 10.2 Å². The molecule has 106 valence electrons. The van der Waals surface area contributed by atoms with Gasteiger partial charge in [-0.25, -0.2) is 0 Å². The first-order chi connectivity index (χ1) is 9.84. The lowest BCUT2D eigenvalue weighted by Crippen LogP contribution is -2.24. The third kappa shape index (κ3) is 3.25. The Morgan fingerprint density at radius 3 is 2.85 bits per heavy atom. The maximum atomic E-state index is 4.22. The number of nitrogens with one attached hydrogen (secondary N) is 1. The number of benzene rings is 1. The van der Waals surface area contributed by atoms with Crippen LogP contribution in [0.2, 0.25) is 0 Å². The van der Waals surface area contributed by atoms with E-state index in [0.29, 0.717) is 11.8 Å². The molecule has 20 heavy (non-hydrogen) atoms. The molecule has 1 aliphatic rings. The highest BCUT2D eigenvalue weighted by atomic mass is 15.3. The van der Waals surface area contributed by atoms with Crippen molar-refractivity contribution < 1.29 is 0 Å². The lowest BCUT2D eigenvalue weighted by Gasteiger charge is -2.13. The molecule has 1 aliphatic carbocycles. The van der Waals surface area contributed by atoms with E-state index >= 15 is 0 Å². The molecule has 1 N–H and O–H groups in total. The number of hydrogen-bond acceptors (Lipinski definition) is 3. The van der Waals surface area contributed by atoms with Crippen LogP contribution in [0.1, 0.15) is 43.0 Å². The minimum atomic E-state index is 0.542. The van der Waals surface area contributed by atoms with Crippen LogP contribution < -0.4 is 5.32 Å². The summed E-state index contributed by atoms with van der Waals surface area (Å²) in [6, 6.07) is 10.7. The fraction of sp³-hybridized carbons (Fsp3) is 0.500. The maximum Gasteiger partial charge on any atom is 0.135 e. The molecular formula is C16H22N4. The van der Waals surface area contributed by atoms with E-state index in [0.717, 1.165) is 19.6 Å². The second-order valence-corrected chi connectivity index (χ2v) is 5.67. The van der Waals surface area contributed by atoms with Crippen molar-refractivity contribution in [3.05, 3.63) is 48.0 Å². The van der Waals surface area contributed by atoms with Crippen molar-refractivity contribution in [3.8, 4) is 0 Å². The minimum Gasteiger partial charge on any atom is -0.316 e. The molecule has 1 atom stereocenters. The van der Waals surface area contributed by atoms with Gasteiger partial charge in [0.25, 0.3) is 0 Å². The molecule has 1 fully saturated rings. The Kier molecular flexibility index (Phi) is 4.11. The van der Waals surface area contributed by atoms with Crippen molar-refractivity contribution in [1.82, 2.24) is 20.1 Å². The third-order valence-corrected chi connectivity index (χ3v) is 3.94. The molecular weight excluding hydrogens is 248 g/mol. The van der Waals surface area contributed by atoms with Crippen molar-refractivity contribution in [3.63, 3.8) is 0 Å². The summed E-state index contributed by atoms with van der Waals surface area (Å²) in [7, 11) is 0. The van der Waals surface area contributed by atoms with Crippen molar-refractivity contribution in [2.24, 2.45) is 0 Å². The summed E-state index contributed by atoms with van der Waals surface area (Å²) in [5.74, 6) is 2.38. The molecule has 2 aromatic rings. The Bertz CT molecular complexity index is 530. The Balaban J connectivity index is 1.43. The molecule has 1 aromatic heterocycles. The molecule has 0 spiro atoms. The van der Waals surface area contributed by atoms with E-state index in [2.05, 4.69) is 57.3 Å². The normalized spacial score (nSPS) is 16.2. The summed E-state index contributed by atoms with van der Waals surface area (Å²) in [4.78, 5) is 0. The number of nitrogens with zero attached hydrogens (tertiary/aromatic N) is 3. The summed E-state index contributed by atoms with van der Waals surface area (Å²) in [5, 5.41) is 11.8. The molecule has 4 heteroatoms. The summed E-state index contributed by atoms with van der Waals surface area (Å²) in [5.41, 5.74) is 1.39. The van der Waals surface area contributed by atoms with E-state index in [1.807, 2.05) is 6.33 Å². The largest absolute Gasteiger partial charge is 0.316 e. The van der Waals surface area contributed by atoms with Crippen LogP contribution in [0.3, 0.4) is 0 Å². The van der Waals surface area contributed by atoms with E-state index in [1.165, 1.54) is 24.2 Å². The number of aromatic nitrogens is 3. The van der Waals surface area contributed by atoms with Gasteiger partial charge in [0.15, 0.2) is 0 Å². The molecule has 3 rings (SSSR count). The Morgan fingerprint density at radius 2 is 2.10 bits per heavy atom. The smallest absolute Gasteiger partial charge is 0.135 e. The molecule has 0 aliphatic heterocycles. The monoisotopic (exact) mass is 270 g/mol. The van der Waals surface area contributed by atoms with Crippen LogP contribution in [0.15, 0.2) is 36.7 Å². The predicted octanol–water partition coefficient (Wildman–Crippen LogP) is 2.55. The van der Waals surface area contributed by atoms with Crippen molar-refractivity contribution >= 4 is 0 Å². The predicted molar refractivity (Wildman–Crippen MR) is 79.7 cm³/mol. The van der Waals surface area contributed by atoms with E-state index in [9.17, 15) is 0 Å². The summed E-state index contributed by atoms with van der Waals surface area (Å²) in [6.45, 7) is 5.19. The SMILES string of the molecule is CC(CNCCn1cnnc1C1CC1)c1ccccc1. The van der Waals surface area contributed by atoms with E-state index in [-0.39, 0.29) is 0 Å². The zero-order valence-electron chi connectivity index (χ0n) is 12.0. The molecule has 0 saturated heterocycles. The first-order valence-electron chi connectivity index (χ1n) is 7.48. The molecule has 4 nitrogen and oxygen atoms in total. The Morgan fingerprint density at radius 1 is 1.30 bits per heavy atom. The molecule has 1 saturated carbocycles. The first kappa shape index (κ1) is 13.3. The van der Waals surface area contributed by atoms with Crippen LogP contribution in [-0.2, 0) is 6.54 Å². The van der Waals surface area contributed by atoms with Crippen LogP contribution in [0.5, 0.6) is 0 Å². The second-order valence-electron chi connectivity index (χ2n) is 5.67. The standard InChI is InChI=1S/C16H22N4/c1-13(14-5-3-2-4-6-14)11-17-9-10-20-12-18-19-16(20)15-7-8-15/h2-6,12-13,15,17H,7-11H2,1H3. The fourth-order valence-electron chi connectivity index (χ4n) is 2.51. The van der Waals surface area contributed by atoms with E-state index < -0.39 is 0 Å². The summed E-state index contributed by atoms with van der Waals surface area (Å²) >= 11 is 0. The Labute approximate surface area is 120 Å². The topological polar surface area (TPSA) is 42.7 Å². The lowest BCUT2D eigenvalue weighted by atomic mass is 10.0. The zero-order valence-corrected chi connectivity index (χ0v) is 12.0. The molecule has 1 unspecified atom stereocenters. The summed E-state index contributed by atoms with van der Waals surface area (Å²) < 4.78 is 2.19. The quantitative estimate of drug-likeness (QED) is 0.786. The number of hydrogen-bond donors (Lipinski definition) is 1. The van der Waals surface area contributed by atoms with E-state index in [1.54, 1.807) is 0 Å². The highest BCUT2D eigenvalue weighted by molar-refractivity contribution is 5.18. The molecule has 0 radical (unpaired) electrons. The highest BCUT2D eigenvalue weighted by Gasteiger charge is 2.28. The van der Waals surface area contributed by atoms with Crippen LogP contribution in [-0.4, -0.2) is 27.9 Å². The molecule has 1 aromatic carbocycles. The number of rotatable bonds is 7. The van der Waals surface area contributed by atoms with Gasteiger partial charge in [0.2, 0.25) is 0 Å². The average Bonchev–Trinajstić information content (AvgIpc) is 3.23. The van der Waals surface area contributed by atoms with E-state index in [4.69, 9.17) is 0 Å². The average molecular weight is 270 g/mol. The van der Waals surface area contributed by atoms with Gasteiger partial charge in [-0.1, -0.05) is 37.3 Å².